The number of hydrogen-bond acceptors (Lipinski definition) is 12. The van der Waals surface area contributed by atoms with Crippen molar-refractivity contribution in [3.63, 3.8) is 0 Å². The van der Waals surface area contributed by atoms with Gasteiger partial charge in [-0.15, -0.1) is 0 Å². The molecule has 15 nitrogen and oxygen atoms in total. The van der Waals surface area contributed by atoms with E-state index in [-0.39, 0.29) is 53.4 Å². The summed E-state index contributed by atoms with van der Waals surface area (Å²) in [5, 5.41) is 14.7. The molecule has 9 rings (SSSR count). The molecule has 2 aliphatic carbocycles. The van der Waals surface area contributed by atoms with Crippen molar-refractivity contribution in [1.29, 1.82) is 5.26 Å². The van der Waals surface area contributed by atoms with Gasteiger partial charge in [-0.2, -0.15) is 5.26 Å². The number of ether oxygens (including phenoxy) is 1. The van der Waals surface area contributed by atoms with E-state index in [4.69, 9.17) is 21.6 Å². The fourth-order valence-electron chi connectivity index (χ4n) is 9.34. The van der Waals surface area contributed by atoms with E-state index >= 15 is 4.39 Å². The number of rotatable bonds is 9. The van der Waals surface area contributed by atoms with E-state index in [9.17, 15) is 24.0 Å². The predicted molar refractivity (Wildman–Crippen MR) is 207 cm³/mol. The molecule has 5 fully saturated rings. The third-order valence-corrected chi connectivity index (χ3v) is 12.9. The number of hydrogen-bond donors (Lipinski definition) is 2. The molecule has 6 aliphatic rings. The molecule has 2 saturated carbocycles. The number of benzene rings is 2. The van der Waals surface area contributed by atoms with Crippen molar-refractivity contribution in [2.75, 3.05) is 55.6 Å². The molecule has 4 aliphatic heterocycles. The minimum Gasteiger partial charge on any atom is -0.490 e. The van der Waals surface area contributed by atoms with Crippen LogP contribution in [0.5, 0.6) is 5.75 Å². The van der Waals surface area contributed by atoms with Gasteiger partial charge < -0.3 is 19.9 Å². The van der Waals surface area contributed by atoms with E-state index in [2.05, 4.69) is 30.4 Å². The van der Waals surface area contributed by atoms with Gasteiger partial charge in [-0.1, -0.05) is 11.6 Å². The van der Waals surface area contributed by atoms with E-state index in [0.29, 0.717) is 47.2 Å². The fourth-order valence-corrected chi connectivity index (χ4v) is 9.55. The molecule has 1 unspecified atom stereocenters. The number of imide groups is 2. The number of nitriles is 1. The lowest BCUT2D eigenvalue weighted by Crippen LogP contribution is -2.54. The zero-order valence-corrected chi connectivity index (χ0v) is 32.3. The zero-order chi connectivity index (χ0) is 40.2. The summed E-state index contributed by atoms with van der Waals surface area (Å²) in [5.74, 6) is -0.341. The molecule has 1 aromatic heterocycles. The van der Waals surface area contributed by atoms with Crippen LogP contribution in [0.4, 0.5) is 15.9 Å². The number of carbonyl (C=O) groups excluding carboxylic acids is 5. The monoisotopic (exact) mass is 809 g/mol. The summed E-state index contributed by atoms with van der Waals surface area (Å²) >= 11 is 6.14. The third kappa shape index (κ3) is 7.21. The zero-order valence-electron chi connectivity index (χ0n) is 31.5. The van der Waals surface area contributed by atoms with E-state index in [1.165, 1.54) is 6.07 Å². The van der Waals surface area contributed by atoms with Gasteiger partial charge in [0.15, 0.2) is 0 Å². The summed E-state index contributed by atoms with van der Waals surface area (Å²) in [7, 11) is 0. The SMILES string of the molecule is N#Cc1ccc(OC2CCC(NC(=O)c3cnc(N4C[C@@H]5[C@H](CN6CCN(c7cc8c(cc7F)C(=O)N(C7CCC(=O)NC7=O)C8=O)CC6)[C@@H]5C4)cn3)CC2)cc1Cl. The number of carbonyl (C=O) groups is 5. The topological polar surface area (TPSA) is 181 Å². The number of amides is 5. The maximum absolute atomic E-state index is 15.4. The van der Waals surface area contributed by atoms with Gasteiger partial charge >= 0.3 is 0 Å². The molecule has 4 atom stereocenters. The molecule has 0 radical (unpaired) electrons. The second kappa shape index (κ2) is 15.3. The van der Waals surface area contributed by atoms with Crippen LogP contribution in [-0.4, -0.2) is 113 Å². The molecule has 300 valence electrons. The molecule has 5 heterocycles. The van der Waals surface area contributed by atoms with E-state index in [1.54, 1.807) is 30.6 Å². The highest BCUT2D eigenvalue weighted by molar-refractivity contribution is 6.31. The first-order valence-corrected chi connectivity index (χ1v) is 20.2. The number of aromatic nitrogens is 2. The average Bonchev–Trinajstić information content (AvgIpc) is 3.52. The van der Waals surface area contributed by atoms with Gasteiger partial charge in [-0.05, 0) is 74.1 Å². The smallest absolute Gasteiger partial charge is 0.271 e. The molecular weight excluding hydrogens is 769 g/mol. The largest absolute Gasteiger partial charge is 0.490 e. The van der Waals surface area contributed by atoms with Crippen molar-refractivity contribution < 1.29 is 33.1 Å². The molecule has 0 bridgehead atoms. The van der Waals surface area contributed by atoms with Crippen molar-refractivity contribution in [2.24, 2.45) is 17.8 Å². The number of nitrogens with zero attached hydrogens (tertiary/aromatic N) is 7. The van der Waals surface area contributed by atoms with Crippen molar-refractivity contribution in [1.82, 2.24) is 30.4 Å². The van der Waals surface area contributed by atoms with Crippen LogP contribution in [-0.2, 0) is 9.59 Å². The Labute approximate surface area is 338 Å². The number of piperazine rings is 1. The third-order valence-electron chi connectivity index (χ3n) is 12.6. The number of anilines is 2. The molecule has 2 N–H and O–H groups in total. The Hall–Kier alpha value is -5.66. The Balaban J connectivity index is 0.712. The Kier molecular flexibility index (Phi) is 9.97. The second-order valence-corrected chi connectivity index (χ2v) is 16.5. The van der Waals surface area contributed by atoms with E-state index in [1.807, 2.05) is 11.0 Å². The van der Waals surface area contributed by atoms with E-state index < -0.39 is 35.5 Å². The minimum atomic E-state index is -1.10. The summed E-state index contributed by atoms with van der Waals surface area (Å²) < 4.78 is 21.5. The Morgan fingerprint density at radius 3 is 2.31 bits per heavy atom. The van der Waals surface area contributed by atoms with Crippen molar-refractivity contribution in [3.05, 3.63) is 75.9 Å². The number of halogens is 2. The average molecular weight is 810 g/mol. The van der Waals surface area contributed by atoms with Crippen molar-refractivity contribution in [3.8, 4) is 11.8 Å². The standard InChI is InChI=1S/C41H41ClFN9O6/c42-31-13-25(4-1-22(31)16-44)58-24-5-2-23(3-6-24)47-38(54)33-17-46-36(18-45-33)51-20-29-28(30(29)21-51)19-49-9-11-50(12-10-49)35-15-27-26(14-32(35)43)40(56)52(41(27)57)34-7-8-37(53)48-39(34)55/h1,4,13-15,17-18,23-24,28-30,34H,2-3,5-12,19-21H2,(H,47,54)(H,48,53,55)/t23?,24?,28-,29+,30-,34?. The number of fused-ring (bicyclic) bond motifs is 2. The summed E-state index contributed by atoms with van der Waals surface area (Å²) in [4.78, 5) is 79.8. The normalized spacial score (nSPS) is 26.9. The van der Waals surface area contributed by atoms with Crippen LogP contribution in [0.1, 0.15) is 75.3 Å². The highest BCUT2D eigenvalue weighted by atomic mass is 35.5. The maximum Gasteiger partial charge on any atom is 0.271 e. The van der Waals surface area contributed by atoms with Gasteiger partial charge in [0.05, 0.1) is 45.9 Å². The van der Waals surface area contributed by atoms with Crippen molar-refractivity contribution >= 4 is 52.6 Å². The maximum atomic E-state index is 15.4. The first-order chi connectivity index (χ1) is 28.0. The van der Waals surface area contributed by atoms with Crippen LogP contribution < -0.4 is 25.2 Å². The lowest BCUT2D eigenvalue weighted by molar-refractivity contribution is -0.136. The molecule has 0 spiro atoms. The highest BCUT2D eigenvalue weighted by Crippen LogP contribution is 2.52. The van der Waals surface area contributed by atoms with Gasteiger partial charge in [-0.3, -0.25) is 39.1 Å². The molecule has 3 saturated heterocycles. The molecule has 2 aromatic carbocycles. The predicted octanol–water partition coefficient (Wildman–Crippen LogP) is 3.17. The Morgan fingerprint density at radius 2 is 1.66 bits per heavy atom. The molecule has 58 heavy (non-hydrogen) atoms. The van der Waals surface area contributed by atoms with Crippen LogP contribution in [0.2, 0.25) is 5.02 Å². The lowest BCUT2D eigenvalue weighted by Gasteiger charge is -2.36. The van der Waals surface area contributed by atoms with Crippen molar-refractivity contribution in [2.45, 2.75) is 56.7 Å². The molecule has 3 aromatic rings. The van der Waals surface area contributed by atoms with Crippen LogP contribution >= 0.6 is 11.6 Å². The summed E-state index contributed by atoms with van der Waals surface area (Å²) in [6.07, 6.45) is 6.38. The number of nitrogens with one attached hydrogen (secondary N) is 2. The summed E-state index contributed by atoms with van der Waals surface area (Å²) in [6, 6.07) is 8.53. The van der Waals surface area contributed by atoms with Crippen LogP contribution in [0, 0.1) is 34.9 Å². The van der Waals surface area contributed by atoms with E-state index in [0.717, 1.165) is 75.2 Å². The Bertz CT molecular complexity index is 2230. The molecular formula is C41H41ClFN9O6. The first kappa shape index (κ1) is 37.9. The van der Waals surface area contributed by atoms with Gasteiger partial charge in [0.1, 0.15) is 35.2 Å². The first-order valence-electron chi connectivity index (χ1n) is 19.8. The van der Waals surface area contributed by atoms with Gasteiger partial charge in [0.2, 0.25) is 11.8 Å². The Morgan fingerprint density at radius 1 is 0.931 bits per heavy atom. The van der Waals surface area contributed by atoms with Crippen LogP contribution in [0.15, 0.2) is 42.7 Å². The number of piperidine rings is 2. The lowest BCUT2D eigenvalue weighted by atomic mass is 9.93. The summed E-state index contributed by atoms with van der Waals surface area (Å²) in [5.41, 5.74) is 0.950. The van der Waals surface area contributed by atoms with Gasteiger partial charge in [-0.25, -0.2) is 14.4 Å². The minimum absolute atomic E-state index is 0.00726. The van der Waals surface area contributed by atoms with Gasteiger partial charge in [0.25, 0.3) is 17.7 Å². The van der Waals surface area contributed by atoms with Crippen LogP contribution in [0.25, 0.3) is 0 Å². The molecule has 5 amide bonds. The quantitative estimate of drug-likeness (QED) is 0.302. The fraction of sp³-hybridized carbons (Fsp3) is 0.463. The summed E-state index contributed by atoms with van der Waals surface area (Å²) in [6.45, 7) is 5.26. The highest BCUT2D eigenvalue weighted by Gasteiger charge is 2.56. The second-order valence-electron chi connectivity index (χ2n) is 16.1. The van der Waals surface area contributed by atoms with Gasteiger partial charge in [0, 0.05) is 64.3 Å². The molecule has 17 heteroatoms. The van der Waals surface area contributed by atoms with Crippen LogP contribution in [0.3, 0.4) is 0 Å².